The SMILES string of the molecule is CC(=O)N(Cc1cc(F)cc(F)c1)CC1CCC2C(CC3C4CCC5C(C)(C)[C@@H](OC(=O)C6CNC6)CC[C@@]56C[C@@]46CC[C@]23C)O1.[HH]. The van der Waals surface area contributed by atoms with E-state index in [1.54, 1.807) is 4.90 Å². The molecular weight excluding hydrogens is 586 g/mol. The summed E-state index contributed by atoms with van der Waals surface area (Å²) in [4.78, 5) is 27.1. The van der Waals surface area contributed by atoms with Crippen molar-refractivity contribution in [3.05, 3.63) is 35.4 Å². The van der Waals surface area contributed by atoms with Gasteiger partial charge in [0.15, 0.2) is 0 Å². The van der Waals surface area contributed by atoms with Crippen LogP contribution in [0.5, 0.6) is 0 Å². The van der Waals surface area contributed by atoms with Crippen molar-refractivity contribution >= 4 is 11.9 Å². The Balaban J connectivity index is 0.00000351. The molecule has 6 nitrogen and oxygen atoms in total. The molecule has 0 radical (unpaired) electrons. The van der Waals surface area contributed by atoms with Gasteiger partial charge in [-0.25, -0.2) is 8.78 Å². The van der Waals surface area contributed by atoms with Gasteiger partial charge in [0, 0.05) is 46.0 Å². The molecule has 8 heteroatoms. The van der Waals surface area contributed by atoms with Crippen LogP contribution in [0.3, 0.4) is 0 Å². The fourth-order valence-corrected chi connectivity index (χ4v) is 12.8. The van der Waals surface area contributed by atoms with Crippen molar-refractivity contribution in [1.82, 2.24) is 10.2 Å². The minimum absolute atomic E-state index is 0. The van der Waals surface area contributed by atoms with Gasteiger partial charge in [-0.05, 0) is 122 Å². The lowest BCUT2D eigenvalue weighted by molar-refractivity contribution is -0.181. The van der Waals surface area contributed by atoms with Crippen LogP contribution < -0.4 is 5.32 Å². The summed E-state index contributed by atoms with van der Waals surface area (Å²) < 4.78 is 40.9. The van der Waals surface area contributed by atoms with Crippen LogP contribution in [0.1, 0.15) is 98.9 Å². The van der Waals surface area contributed by atoms with E-state index < -0.39 is 11.6 Å². The van der Waals surface area contributed by atoms with Gasteiger partial charge in [0.2, 0.25) is 5.91 Å². The molecule has 2 spiro atoms. The van der Waals surface area contributed by atoms with Crippen LogP contribution in [0.25, 0.3) is 0 Å². The Morgan fingerprint density at radius 2 is 1.70 bits per heavy atom. The van der Waals surface area contributed by atoms with E-state index in [0.717, 1.165) is 50.8 Å². The first-order valence-electron chi connectivity index (χ1n) is 18.1. The lowest BCUT2D eigenvalue weighted by atomic mass is 9.46. The van der Waals surface area contributed by atoms with Gasteiger partial charge in [-0.3, -0.25) is 9.59 Å². The number of ether oxygens (including phenoxy) is 2. The number of nitrogens with one attached hydrogen (secondary N) is 1. The average Bonchev–Trinajstić information content (AvgIpc) is 3.53. The predicted molar refractivity (Wildman–Crippen MR) is 171 cm³/mol. The molecule has 2 saturated heterocycles. The minimum atomic E-state index is -0.622. The Bertz CT molecular complexity index is 1400. The first kappa shape index (κ1) is 31.2. The third-order valence-corrected chi connectivity index (χ3v) is 15.2. The molecule has 10 atom stereocenters. The summed E-state index contributed by atoms with van der Waals surface area (Å²) in [6.07, 6.45) is 12.0. The maximum Gasteiger partial charge on any atom is 0.311 e. The van der Waals surface area contributed by atoms with E-state index in [9.17, 15) is 18.4 Å². The van der Waals surface area contributed by atoms with Gasteiger partial charge in [0.05, 0.1) is 18.1 Å². The number of benzene rings is 1. The van der Waals surface area contributed by atoms with Crippen molar-refractivity contribution in [3.63, 3.8) is 0 Å². The number of fused-ring (bicyclic) bond motifs is 4. The summed E-state index contributed by atoms with van der Waals surface area (Å²) >= 11 is 0. The summed E-state index contributed by atoms with van der Waals surface area (Å²) in [5, 5.41) is 3.21. The molecule has 1 aromatic carbocycles. The number of halogens is 2. The molecule has 2 heterocycles. The molecule has 1 N–H and O–H groups in total. The van der Waals surface area contributed by atoms with Crippen molar-refractivity contribution in [1.29, 1.82) is 0 Å². The first-order valence-corrected chi connectivity index (χ1v) is 18.1. The molecular formula is C38H54F2N2O4. The van der Waals surface area contributed by atoms with E-state index in [2.05, 4.69) is 26.1 Å². The Morgan fingerprint density at radius 3 is 2.39 bits per heavy atom. The molecule has 254 valence electrons. The summed E-state index contributed by atoms with van der Waals surface area (Å²) in [5.41, 5.74) is 1.59. The maximum absolute atomic E-state index is 13.9. The van der Waals surface area contributed by atoms with Crippen LogP contribution in [0.2, 0.25) is 0 Å². The van der Waals surface area contributed by atoms with E-state index in [4.69, 9.17) is 9.47 Å². The van der Waals surface area contributed by atoms with Crippen molar-refractivity contribution in [2.45, 2.75) is 117 Å². The number of carbonyl (C=O) groups is 2. The number of hydrogen-bond acceptors (Lipinski definition) is 5. The largest absolute Gasteiger partial charge is 0.462 e. The molecule has 7 aliphatic rings. The minimum Gasteiger partial charge on any atom is -0.462 e. The van der Waals surface area contributed by atoms with Crippen LogP contribution in [0, 0.1) is 62.9 Å². The number of nitrogens with zero attached hydrogens (tertiary/aromatic N) is 1. The van der Waals surface area contributed by atoms with Gasteiger partial charge >= 0.3 is 5.97 Å². The van der Waals surface area contributed by atoms with E-state index in [-0.39, 0.29) is 49.5 Å². The van der Waals surface area contributed by atoms with Crippen molar-refractivity contribution in [2.75, 3.05) is 19.6 Å². The molecule has 1 amide bonds. The second kappa shape index (κ2) is 10.7. The van der Waals surface area contributed by atoms with E-state index in [1.807, 2.05) is 0 Å². The third kappa shape index (κ3) is 4.58. The smallest absolute Gasteiger partial charge is 0.311 e. The van der Waals surface area contributed by atoms with Crippen LogP contribution in [-0.2, 0) is 25.6 Å². The fraction of sp³-hybridized carbons (Fsp3) is 0.789. The molecule has 8 rings (SSSR count). The Hall–Kier alpha value is -2.06. The van der Waals surface area contributed by atoms with Crippen LogP contribution in [0.4, 0.5) is 8.78 Å². The predicted octanol–water partition coefficient (Wildman–Crippen LogP) is 6.90. The highest BCUT2D eigenvalue weighted by Crippen LogP contribution is 2.87. The van der Waals surface area contributed by atoms with Gasteiger partial charge in [-0.2, -0.15) is 0 Å². The normalized spacial score (nSPS) is 43.6. The number of rotatable bonds is 6. The number of amides is 1. The lowest BCUT2D eigenvalue weighted by Gasteiger charge is -2.59. The molecule has 6 unspecified atom stereocenters. The van der Waals surface area contributed by atoms with Gasteiger partial charge < -0.3 is 19.7 Å². The van der Waals surface area contributed by atoms with Crippen molar-refractivity contribution in [2.24, 2.45) is 51.2 Å². The molecule has 2 aliphatic heterocycles. The van der Waals surface area contributed by atoms with Crippen LogP contribution >= 0.6 is 0 Å². The van der Waals surface area contributed by atoms with Gasteiger partial charge in [-0.1, -0.05) is 20.8 Å². The Kier molecular flexibility index (Phi) is 7.28. The first-order chi connectivity index (χ1) is 21.9. The topological polar surface area (TPSA) is 67.9 Å². The highest BCUT2D eigenvalue weighted by molar-refractivity contribution is 5.74. The zero-order valence-corrected chi connectivity index (χ0v) is 28.1. The number of esters is 1. The average molecular weight is 641 g/mol. The molecule has 5 aliphatic carbocycles. The number of hydrogen-bond donors (Lipinski definition) is 1. The summed E-state index contributed by atoms with van der Waals surface area (Å²) in [7, 11) is 0. The number of carbonyl (C=O) groups excluding carboxylic acids is 2. The lowest BCUT2D eigenvalue weighted by Crippen LogP contribution is -2.56. The summed E-state index contributed by atoms with van der Waals surface area (Å²) in [6, 6.07) is 3.48. The van der Waals surface area contributed by atoms with Crippen molar-refractivity contribution < 1.29 is 29.3 Å². The highest BCUT2D eigenvalue weighted by atomic mass is 19.1. The summed E-state index contributed by atoms with van der Waals surface area (Å²) in [5.74, 6) is 1.25. The third-order valence-electron chi connectivity index (χ3n) is 15.2. The van der Waals surface area contributed by atoms with Gasteiger partial charge in [0.25, 0.3) is 0 Å². The second-order valence-corrected chi connectivity index (χ2v) is 17.4. The molecule has 0 bridgehead atoms. The zero-order valence-electron chi connectivity index (χ0n) is 28.1. The Labute approximate surface area is 274 Å². The van der Waals surface area contributed by atoms with E-state index in [1.165, 1.54) is 57.6 Å². The highest BCUT2D eigenvalue weighted by Gasteiger charge is 2.80. The second-order valence-electron chi connectivity index (χ2n) is 17.4. The fourth-order valence-electron chi connectivity index (χ4n) is 12.8. The van der Waals surface area contributed by atoms with Gasteiger partial charge in [-0.15, -0.1) is 0 Å². The zero-order chi connectivity index (χ0) is 32.2. The van der Waals surface area contributed by atoms with Crippen molar-refractivity contribution in [3.8, 4) is 0 Å². The molecule has 5 saturated carbocycles. The molecule has 7 fully saturated rings. The monoisotopic (exact) mass is 640 g/mol. The molecule has 1 aromatic rings. The van der Waals surface area contributed by atoms with Gasteiger partial charge in [0.1, 0.15) is 17.7 Å². The summed E-state index contributed by atoms with van der Waals surface area (Å²) in [6.45, 7) is 11.0. The maximum atomic E-state index is 13.9. The molecule has 0 aromatic heterocycles. The van der Waals surface area contributed by atoms with Crippen LogP contribution in [0.15, 0.2) is 18.2 Å². The van der Waals surface area contributed by atoms with E-state index in [0.29, 0.717) is 46.1 Å². The van der Waals surface area contributed by atoms with Crippen LogP contribution in [-0.4, -0.2) is 54.7 Å². The molecule has 46 heavy (non-hydrogen) atoms. The van der Waals surface area contributed by atoms with E-state index >= 15 is 0 Å². The Morgan fingerprint density at radius 1 is 0.957 bits per heavy atom. The quantitative estimate of drug-likeness (QED) is 0.343. The standard InChI is InChI=1S/C38H52F2N2O4.H2/c1-22(43)42(19-23-13-25(39)15-26(40)14-23)20-27-5-6-29-31(45-27)16-30-28-7-8-32-35(2,3)33(46-34(44)24-17-41-18-24)9-10-38(32)21-37(28,38)12-11-36(29,30)4;/h13-15,24,27-33,41H,5-12,16-21H2,1-4H3;1H/t27?,28?,29?,30?,31?,32?,33-,36+,37-,38+;/m0./s1.